The number of esters is 1. The SMILES string of the molecule is CC/C=C/C=C/C=C\C=C/CCCCCC(=O)OC1C(OCC(NC(=O)C(O)CCCCCCCCCCCCCC/C=C/CCCCCCCC)C(O)/C=C/CCCCCCCCCCCC)OC(CO)C(O)C1O. The number of carbonyl (C=O) groups excluding carboxylic acids is 2. The summed E-state index contributed by atoms with van der Waals surface area (Å²) in [6.45, 7) is 5.62. The second-order valence-electron chi connectivity index (χ2n) is 21.5. The third-order valence-electron chi connectivity index (χ3n) is 14.4. The Bertz CT molecular complexity index is 1510. The predicted octanol–water partition coefficient (Wildman–Crippen LogP) is 14.8. The Hall–Kier alpha value is -2.90. The van der Waals surface area contributed by atoms with Gasteiger partial charge in [0, 0.05) is 6.42 Å². The summed E-state index contributed by atoms with van der Waals surface area (Å²) in [6.07, 6.45) is 56.7. The predicted molar refractivity (Wildman–Crippen MR) is 315 cm³/mol. The van der Waals surface area contributed by atoms with Gasteiger partial charge in [-0.2, -0.15) is 0 Å². The molecule has 1 amide bonds. The molecule has 76 heavy (non-hydrogen) atoms. The second kappa shape index (κ2) is 52.8. The van der Waals surface area contributed by atoms with Gasteiger partial charge in [-0.05, 0) is 70.6 Å². The number of ether oxygens (including phenoxy) is 3. The third kappa shape index (κ3) is 40.3. The summed E-state index contributed by atoms with van der Waals surface area (Å²) < 4.78 is 17.5. The van der Waals surface area contributed by atoms with Gasteiger partial charge in [-0.25, -0.2) is 0 Å². The maximum Gasteiger partial charge on any atom is 0.306 e. The molecule has 8 atom stereocenters. The Morgan fingerprint density at radius 2 is 0.961 bits per heavy atom. The minimum atomic E-state index is -1.63. The number of hydrogen-bond acceptors (Lipinski definition) is 10. The molecule has 0 spiro atoms. The molecule has 0 aromatic carbocycles. The normalized spacial score (nSPS) is 19.6. The lowest BCUT2D eigenvalue weighted by molar-refractivity contribution is -0.305. The molecule has 11 nitrogen and oxygen atoms in total. The zero-order chi connectivity index (χ0) is 55.4. The van der Waals surface area contributed by atoms with Crippen LogP contribution in [0.1, 0.15) is 265 Å². The summed E-state index contributed by atoms with van der Waals surface area (Å²) in [5.41, 5.74) is 0. The van der Waals surface area contributed by atoms with Crippen LogP contribution < -0.4 is 5.32 Å². The van der Waals surface area contributed by atoms with Gasteiger partial charge in [-0.3, -0.25) is 9.59 Å². The number of unbranched alkanes of at least 4 members (excludes halogenated alkanes) is 31. The standard InChI is InChI=1S/C65H115NO10/c1-4-7-10-13-16-19-22-25-26-27-28-29-30-31-32-33-35-37-40-43-46-49-52-58(69)64(73)66-56(57(68)51-48-45-42-39-36-24-21-18-15-12-9-6-3)55-74-65-63(62(72)61(71)59(54-67)75-65)76-60(70)53-50-47-44-41-38-34-23-20-17-14-11-8-5-2/h8,11,14,17,20,23,25-26,34,38,48,51,56-59,61-63,65,67-69,71-72H,4-7,9-10,12-13,15-16,18-19,21-22,24,27-33,35-37,39-47,49-50,52-55H2,1-3H3,(H,66,73)/b11-8+,17-14+,23-20-,26-25+,38-34-,51-48+. The van der Waals surface area contributed by atoms with Crippen LogP contribution in [0.3, 0.4) is 0 Å². The van der Waals surface area contributed by atoms with Gasteiger partial charge in [0.15, 0.2) is 12.4 Å². The van der Waals surface area contributed by atoms with Crippen LogP contribution >= 0.6 is 0 Å². The smallest absolute Gasteiger partial charge is 0.306 e. The third-order valence-corrected chi connectivity index (χ3v) is 14.4. The number of carbonyl (C=O) groups is 2. The van der Waals surface area contributed by atoms with Crippen molar-refractivity contribution in [2.45, 2.75) is 314 Å². The van der Waals surface area contributed by atoms with Crippen molar-refractivity contribution >= 4 is 11.9 Å². The summed E-state index contributed by atoms with van der Waals surface area (Å²) >= 11 is 0. The highest BCUT2D eigenvalue weighted by Gasteiger charge is 2.47. The molecule has 0 aromatic rings. The van der Waals surface area contributed by atoms with Crippen LogP contribution in [0.25, 0.3) is 0 Å². The summed E-state index contributed by atoms with van der Waals surface area (Å²) in [7, 11) is 0. The lowest BCUT2D eigenvalue weighted by Gasteiger charge is -2.41. The molecule has 1 aliphatic rings. The Labute approximate surface area is 464 Å². The van der Waals surface area contributed by atoms with E-state index in [1.54, 1.807) is 6.08 Å². The van der Waals surface area contributed by atoms with Gasteiger partial charge < -0.3 is 45.1 Å². The van der Waals surface area contributed by atoms with Gasteiger partial charge in [0.1, 0.15) is 24.4 Å². The Morgan fingerprint density at radius 1 is 0.526 bits per heavy atom. The van der Waals surface area contributed by atoms with Crippen LogP contribution in [0.15, 0.2) is 72.9 Å². The zero-order valence-electron chi connectivity index (χ0n) is 48.6. The summed E-state index contributed by atoms with van der Waals surface area (Å²) in [5, 5.41) is 56.9. The lowest BCUT2D eigenvalue weighted by atomic mass is 9.99. The summed E-state index contributed by atoms with van der Waals surface area (Å²) in [4.78, 5) is 26.5. The minimum absolute atomic E-state index is 0.0758. The second-order valence-corrected chi connectivity index (χ2v) is 21.5. The highest BCUT2D eigenvalue weighted by atomic mass is 16.7. The molecular weight excluding hydrogens is 955 g/mol. The van der Waals surface area contributed by atoms with Gasteiger partial charge in [0.25, 0.3) is 0 Å². The van der Waals surface area contributed by atoms with E-state index in [-0.39, 0.29) is 19.4 Å². The summed E-state index contributed by atoms with van der Waals surface area (Å²) in [5.74, 6) is -1.23. The zero-order valence-corrected chi connectivity index (χ0v) is 48.6. The average molecular weight is 1070 g/mol. The molecule has 1 heterocycles. The van der Waals surface area contributed by atoms with Gasteiger partial charge in [-0.15, -0.1) is 0 Å². The first kappa shape index (κ1) is 71.1. The molecule has 1 rings (SSSR count). The van der Waals surface area contributed by atoms with Gasteiger partial charge in [0.05, 0.1) is 25.4 Å². The van der Waals surface area contributed by atoms with E-state index in [1.165, 1.54) is 154 Å². The highest BCUT2D eigenvalue weighted by Crippen LogP contribution is 2.26. The van der Waals surface area contributed by atoms with Crippen molar-refractivity contribution in [3.05, 3.63) is 72.9 Å². The largest absolute Gasteiger partial charge is 0.454 e. The monoisotopic (exact) mass is 1070 g/mol. The van der Waals surface area contributed by atoms with Gasteiger partial charge in [-0.1, -0.05) is 261 Å². The molecule has 8 unspecified atom stereocenters. The fourth-order valence-corrected chi connectivity index (χ4v) is 9.48. The first-order valence-corrected chi connectivity index (χ1v) is 31.3. The molecule has 0 bridgehead atoms. The fraction of sp³-hybridized carbons (Fsp3) is 0.785. The topological polar surface area (TPSA) is 175 Å². The van der Waals surface area contributed by atoms with Crippen LogP contribution in [-0.4, -0.2) is 99.6 Å². The van der Waals surface area contributed by atoms with Crippen molar-refractivity contribution in [3.8, 4) is 0 Å². The van der Waals surface area contributed by atoms with E-state index in [0.717, 1.165) is 64.2 Å². The number of hydrogen-bond donors (Lipinski definition) is 6. The van der Waals surface area contributed by atoms with E-state index in [4.69, 9.17) is 14.2 Å². The average Bonchev–Trinajstić information content (AvgIpc) is 3.42. The van der Waals surface area contributed by atoms with E-state index in [0.29, 0.717) is 12.8 Å². The molecule has 6 N–H and O–H groups in total. The first-order valence-electron chi connectivity index (χ1n) is 31.3. The number of nitrogens with one attached hydrogen (secondary N) is 1. The Balaban J connectivity index is 2.65. The lowest BCUT2D eigenvalue weighted by Crippen LogP contribution is -2.61. The maximum absolute atomic E-state index is 13.4. The first-order chi connectivity index (χ1) is 37.2. The van der Waals surface area contributed by atoms with E-state index in [1.807, 2.05) is 42.5 Å². The van der Waals surface area contributed by atoms with Crippen molar-refractivity contribution < 1.29 is 49.3 Å². The van der Waals surface area contributed by atoms with Crippen molar-refractivity contribution in [2.24, 2.45) is 0 Å². The van der Waals surface area contributed by atoms with Gasteiger partial charge >= 0.3 is 5.97 Å². The molecule has 1 aliphatic heterocycles. The molecule has 1 saturated heterocycles. The van der Waals surface area contributed by atoms with Crippen LogP contribution in [0, 0.1) is 0 Å². The maximum atomic E-state index is 13.4. The van der Waals surface area contributed by atoms with Gasteiger partial charge in [0.2, 0.25) is 5.91 Å². The molecule has 0 saturated carbocycles. The minimum Gasteiger partial charge on any atom is -0.454 e. The highest BCUT2D eigenvalue weighted by molar-refractivity contribution is 5.80. The Kier molecular flexibility index (Phi) is 49.4. The molecular formula is C65H115NO10. The molecule has 0 aromatic heterocycles. The van der Waals surface area contributed by atoms with Crippen molar-refractivity contribution in [1.82, 2.24) is 5.32 Å². The number of amides is 1. The van der Waals surface area contributed by atoms with Crippen molar-refractivity contribution in [1.29, 1.82) is 0 Å². The molecule has 1 fully saturated rings. The number of allylic oxidation sites excluding steroid dienone is 11. The van der Waals surface area contributed by atoms with Crippen molar-refractivity contribution in [3.63, 3.8) is 0 Å². The number of rotatable bonds is 52. The number of aliphatic hydroxyl groups excluding tert-OH is 5. The van der Waals surface area contributed by atoms with E-state index >= 15 is 0 Å². The van der Waals surface area contributed by atoms with Crippen LogP contribution in [0.4, 0.5) is 0 Å². The molecule has 11 heteroatoms. The van der Waals surface area contributed by atoms with E-state index < -0.39 is 67.4 Å². The van der Waals surface area contributed by atoms with Crippen LogP contribution in [0.2, 0.25) is 0 Å². The van der Waals surface area contributed by atoms with Crippen molar-refractivity contribution in [2.75, 3.05) is 13.2 Å². The molecule has 0 radical (unpaired) electrons. The summed E-state index contributed by atoms with van der Waals surface area (Å²) in [6, 6.07) is -1.03. The molecule has 440 valence electrons. The fourth-order valence-electron chi connectivity index (χ4n) is 9.48. The van der Waals surface area contributed by atoms with Crippen LogP contribution in [0.5, 0.6) is 0 Å². The molecule has 0 aliphatic carbocycles. The quantitative estimate of drug-likeness (QED) is 0.0149. The Morgan fingerprint density at radius 3 is 1.46 bits per heavy atom. The van der Waals surface area contributed by atoms with E-state index in [2.05, 4.69) is 50.4 Å². The van der Waals surface area contributed by atoms with Crippen LogP contribution in [-0.2, 0) is 23.8 Å². The number of aliphatic hydroxyl groups is 5. The van der Waals surface area contributed by atoms with E-state index in [9.17, 15) is 35.1 Å².